The second-order valence-electron chi connectivity index (χ2n) is 4.28. The van der Waals surface area contributed by atoms with Crippen molar-refractivity contribution in [2.45, 2.75) is 32.4 Å². The number of halogens is 2. The van der Waals surface area contributed by atoms with E-state index in [9.17, 15) is 17.8 Å². The van der Waals surface area contributed by atoms with Gasteiger partial charge in [0.1, 0.15) is 6.42 Å². The Morgan fingerprint density at radius 1 is 1.40 bits per heavy atom. The average molecular weight is 244 g/mol. The van der Waals surface area contributed by atoms with E-state index >= 15 is 0 Å². The van der Waals surface area contributed by atoms with Crippen LogP contribution >= 0.6 is 0 Å². The fraction of sp³-hybridized carbons (Fsp3) is 0.875. The fourth-order valence-electron chi connectivity index (χ4n) is 0.578. The molecule has 0 aromatic rings. The molecule has 0 saturated carbocycles. The van der Waals surface area contributed by atoms with Crippen LogP contribution in [0.5, 0.6) is 0 Å². The van der Waals surface area contributed by atoms with E-state index in [0.717, 1.165) is 0 Å². The number of esters is 1. The molecule has 15 heavy (non-hydrogen) atoms. The average Bonchev–Trinajstić information content (AvgIpc) is 1.98. The first-order chi connectivity index (χ1) is 6.54. The van der Waals surface area contributed by atoms with Gasteiger partial charge in [-0.15, -0.1) is 0 Å². The van der Waals surface area contributed by atoms with Crippen molar-refractivity contribution < 1.29 is 27.1 Å². The molecule has 4 nitrogen and oxygen atoms in total. The number of carbonyl (C=O) groups is 1. The molecule has 0 spiro atoms. The monoisotopic (exact) mass is 244 g/mol. The highest BCUT2D eigenvalue weighted by Crippen LogP contribution is 2.23. The molecule has 0 radical (unpaired) electrons. The summed E-state index contributed by atoms with van der Waals surface area (Å²) in [6.45, 7) is 5.29. The summed E-state index contributed by atoms with van der Waals surface area (Å²) in [6, 6.07) is 0. The molecule has 0 amide bonds. The molecule has 0 aromatic heterocycles. The molecule has 0 aliphatic heterocycles. The van der Waals surface area contributed by atoms with Gasteiger partial charge >= 0.3 is 11.2 Å². The van der Waals surface area contributed by atoms with Gasteiger partial charge in [-0.25, -0.2) is 4.21 Å². The number of hydrogen-bond donors (Lipinski definition) is 1. The Kier molecular flexibility index (Phi) is 4.79. The highest BCUT2D eigenvalue weighted by Gasteiger charge is 2.40. The molecule has 0 aromatic carbocycles. The lowest BCUT2D eigenvalue weighted by molar-refractivity contribution is -0.150. The van der Waals surface area contributed by atoms with Gasteiger partial charge in [-0.1, -0.05) is 20.8 Å². The van der Waals surface area contributed by atoms with Gasteiger partial charge < -0.3 is 9.29 Å². The van der Waals surface area contributed by atoms with Gasteiger partial charge in [0, 0.05) is 0 Å². The van der Waals surface area contributed by atoms with Gasteiger partial charge in [0.25, 0.3) is 0 Å². The first-order valence-corrected chi connectivity index (χ1v) is 5.30. The van der Waals surface area contributed by atoms with E-state index in [1.807, 2.05) is 0 Å². The number of alkyl halides is 2. The van der Waals surface area contributed by atoms with E-state index in [1.165, 1.54) is 0 Å². The highest BCUT2D eigenvalue weighted by molar-refractivity contribution is 7.80. The first-order valence-electron chi connectivity index (χ1n) is 4.19. The van der Waals surface area contributed by atoms with Gasteiger partial charge in [0.05, 0.1) is 6.61 Å². The Bertz CT molecular complexity index is 260. The van der Waals surface area contributed by atoms with Crippen LogP contribution in [-0.2, 0) is 20.6 Å². The zero-order valence-electron chi connectivity index (χ0n) is 8.75. The van der Waals surface area contributed by atoms with E-state index < -0.39 is 28.7 Å². The quantitative estimate of drug-likeness (QED) is 0.604. The van der Waals surface area contributed by atoms with Gasteiger partial charge in [-0.2, -0.15) is 8.78 Å². The van der Waals surface area contributed by atoms with Crippen molar-refractivity contribution in [3.05, 3.63) is 0 Å². The molecular weight excluding hydrogens is 230 g/mol. The maximum atomic E-state index is 12.6. The summed E-state index contributed by atoms with van der Waals surface area (Å²) in [5, 5.41) is -3.95. The number of hydrogen-bond acceptors (Lipinski definition) is 3. The third kappa shape index (κ3) is 6.51. The Hall–Kier alpha value is -0.560. The molecule has 0 aliphatic rings. The van der Waals surface area contributed by atoms with Crippen molar-refractivity contribution in [1.82, 2.24) is 0 Å². The predicted molar refractivity (Wildman–Crippen MR) is 50.7 cm³/mol. The topological polar surface area (TPSA) is 63.6 Å². The molecule has 0 aliphatic carbocycles. The molecule has 90 valence electrons. The van der Waals surface area contributed by atoms with Crippen LogP contribution < -0.4 is 0 Å². The van der Waals surface area contributed by atoms with Gasteiger partial charge in [0.2, 0.25) is 11.1 Å². The maximum absolute atomic E-state index is 12.6. The first kappa shape index (κ1) is 14.4. The number of carbonyl (C=O) groups excluding carboxylic acids is 1. The van der Waals surface area contributed by atoms with Crippen molar-refractivity contribution in [1.29, 1.82) is 0 Å². The van der Waals surface area contributed by atoms with Crippen molar-refractivity contribution in [2.75, 3.05) is 6.61 Å². The minimum absolute atomic E-state index is 0.0139. The highest BCUT2D eigenvalue weighted by atomic mass is 32.2. The summed E-state index contributed by atoms with van der Waals surface area (Å²) in [4.78, 5) is 10.9. The predicted octanol–water partition coefficient (Wildman–Crippen LogP) is 1.78. The van der Waals surface area contributed by atoms with Crippen LogP contribution in [0.15, 0.2) is 0 Å². The van der Waals surface area contributed by atoms with Crippen molar-refractivity contribution >= 4 is 17.0 Å². The zero-order chi connectivity index (χ0) is 12.3. The molecule has 0 saturated heterocycles. The van der Waals surface area contributed by atoms with Crippen molar-refractivity contribution in [2.24, 2.45) is 5.41 Å². The second-order valence-corrected chi connectivity index (χ2v) is 5.38. The summed E-state index contributed by atoms with van der Waals surface area (Å²) in [6.07, 6.45) is -1.38. The molecule has 1 N–H and O–H groups in total. The molecule has 0 rings (SSSR count). The summed E-state index contributed by atoms with van der Waals surface area (Å²) < 4.78 is 47.9. The van der Waals surface area contributed by atoms with Crippen LogP contribution in [-0.4, -0.2) is 26.6 Å². The van der Waals surface area contributed by atoms with Gasteiger partial charge in [-0.05, 0) is 5.41 Å². The van der Waals surface area contributed by atoms with Crippen LogP contribution in [0.1, 0.15) is 27.2 Å². The minimum atomic E-state index is -3.95. The largest absolute Gasteiger partial charge is 0.465 e. The summed E-state index contributed by atoms with van der Waals surface area (Å²) in [5.41, 5.74) is -0.330. The SMILES string of the molecule is CC(C)(C)COC(=O)CC(F)(F)S(=O)O. The molecule has 0 bridgehead atoms. The van der Waals surface area contributed by atoms with Crippen molar-refractivity contribution in [3.63, 3.8) is 0 Å². The summed E-state index contributed by atoms with van der Waals surface area (Å²) in [7, 11) is 0. The Morgan fingerprint density at radius 3 is 2.20 bits per heavy atom. The van der Waals surface area contributed by atoms with E-state index in [-0.39, 0.29) is 12.0 Å². The Labute approximate surface area is 89.3 Å². The summed E-state index contributed by atoms with van der Waals surface area (Å²) >= 11 is -3.36. The smallest absolute Gasteiger partial charge is 0.355 e. The number of rotatable bonds is 4. The van der Waals surface area contributed by atoms with E-state index in [4.69, 9.17) is 4.55 Å². The van der Waals surface area contributed by atoms with Crippen LogP contribution in [0.3, 0.4) is 0 Å². The number of ether oxygens (including phenoxy) is 1. The fourth-order valence-corrected chi connectivity index (χ4v) is 0.819. The standard InChI is InChI=1S/C8H14F2O4S/c1-7(2,3)5-14-6(11)4-8(9,10)15(12)13/h4-5H2,1-3H3,(H,12,13). The molecular formula is C8H14F2O4S. The molecule has 0 heterocycles. The zero-order valence-corrected chi connectivity index (χ0v) is 9.57. The van der Waals surface area contributed by atoms with Gasteiger partial charge in [-0.3, -0.25) is 4.79 Å². The molecule has 7 heteroatoms. The maximum Gasteiger partial charge on any atom is 0.355 e. The lowest BCUT2D eigenvalue weighted by atomic mass is 9.99. The van der Waals surface area contributed by atoms with Crippen LogP contribution in [0.2, 0.25) is 0 Å². The summed E-state index contributed by atoms with van der Waals surface area (Å²) in [5.74, 6) is -1.18. The Balaban J connectivity index is 4.11. The third-order valence-corrected chi connectivity index (χ3v) is 1.93. The molecule has 0 fully saturated rings. The van der Waals surface area contributed by atoms with Crippen LogP contribution in [0.25, 0.3) is 0 Å². The lowest BCUT2D eigenvalue weighted by Crippen LogP contribution is -2.29. The van der Waals surface area contributed by atoms with Crippen molar-refractivity contribution in [3.8, 4) is 0 Å². The third-order valence-electron chi connectivity index (χ3n) is 1.27. The molecule has 1 unspecified atom stereocenters. The normalized spacial score (nSPS) is 14.8. The van der Waals surface area contributed by atoms with E-state index in [0.29, 0.717) is 0 Å². The Morgan fingerprint density at radius 2 is 1.87 bits per heavy atom. The van der Waals surface area contributed by atoms with Crippen LogP contribution in [0.4, 0.5) is 8.78 Å². The van der Waals surface area contributed by atoms with Gasteiger partial charge in [0.15, 0.2) is 0 Å². The van der Waals surface area contributed by atoms with E-state index in [1.54, 1.807) is 20.8 Å². The molecule has 1 atom stereocenters. The minimum Gasteiger partial charge on any atom is -0.465 e. The lowest BCUT2D eigenvalue weighted by Gasteiger charge is -2.18. The second kappa shape index (κ2) is 4.98. The van der Waals surface area contributed by atoms with Crippen LogP contribution in [0, 0.1) is 5.41 Å². The van der Waals surface area contributed by atoms with E-state index in [2.05, 4.69) is 4.74 Å².